The lowest BCUT2D eigenvalue weighted by molar-refractivity contribution is 0.212. The van der Waals surface area contributed by atoms with Crippen LogP contribution in [-0.4, -0.2) is 37.9 Å². The van der Waals surface area contributed by atoms with Gasteiger partial charge in [0, 0.05) is 0 Å². The SMILES string of the molecule is CC(C)(C)C(COc1ccccc1F)Nc1ccc2nnnn2n1. The second-order valence-electron chi connectivity index (χ2n) is 6.55. The minimum Gasteiger partial charge on any atom is -0.488 e. The van der Waals surface area contributed by atoms with E-state index in [1.165, 1.54) is 10.7 Å². The van der Waals surface area contributed by atoms with Crippen LogP contribution in [-0.2, 0) is 0 Å². The van der Waals surface area contributed by atoms with Gasteiger partial charge in [-0.05, 0) is 40.1 Å². The second kappa shape index (κ2) is 6.38. The number of anilines is 1. The first-order valence-corrected chi connectivity index (χ1v) is 7.63. The molecule has 2 aromatic heterocycles. The average Bonchev–Trinajstić information content (AvgIpc) is 2.99. The highest BCUT2D eigenvalue weighted by Gasteiger charge is 2.26. The molecule has 0 aliphatic heterocycles. The Morgan fingerprint density at radius 2 is 2.00 bits per heavy atom. The van der Waals surface area contributed by atoms with E-state index in [1.807, 2.05) is 0 Å². The molecule has 1 unspecified atom stereocenters. The van der Waals surface area contributed by atoms with Gasteiger partial charge in [-0.1, -0.05) is 32.9 Å². The molecule has 8 heteroatoms. The summed E-state index contributed by atoms with van der Waals surface area (Å²) in [6, 6.07) is 9.83. The number of nitrogens with one attached hydrogen (secondary N) is 1. The zero-order valence-corrected chi connectivity index (χ0v) is 13.8. The predicted octanol–water partition coefficient (Wildman–Crippen LogP) is 2.56. The van der Waals surface area contributed by atoms with E-state index in [-0.39, 0.29) is 23.0 Å². The van der Waals surface area contributed by atoms with Crippen molar-refractivity contribution in [1.82, 2.24) is 25.3 Å². The fourth-order valence-corrected chi connectivity index (χ4v) is 2.15. The first-order chi connectivity index (χ1) is 11.4. The van der Waals surface area contributed by atoms with Gasteiger partial charge in [0.1, 0.15) is 12.4 Å². The van der Waals surface area contributed by atoms with Crippen molar-refractivity contribution < 1.29 is 9.13 Å². The van der Waals surface area contributed by atoms with Crippen LogP contribution in [0.4, 0.5) is 10.2 Å². The zero-order valence-electron chi connectivity index (χ0n) is 13.8. The Balaban J connectivity index is 1.75. The minimum absolute atomic E-state index is 0.0986. The summed E-state index contributed by atoms with van der Waals surface area (Å²) in [5, 5.41) is 18.8. The molecule has 0 saturated carbocycles. The fourth-order valence-electron chi connectivity index (χ4n) is 2.15. The van der Waals surface area contributed by atoms with Crippen molar-refractivity contribution in [3.05, 3.63) is 42.2 Å². The minimum atomic E-state index is -0.376. The monoisotopic (exact) mass is 330 g/mol. The molecule has 1 aromatic carbocycles. The number of ether oxygens (including phenoxy) is 1. The molecule has 0 saturated heterocycles. The average molecular weight is 330 g/mol. The van der Waals surface area contributed by atoms with Gasteiger partial charge in [-0.3, -0.25) is 0 Å². The van der Waals surface area contributed by atoms with Crippen molar-refractivity contribution in [2.75, 3.05) is 11.9 Å². The Bertz CT molecular complexity index is 829. The van der Waals surface area contributed by atoms with Gasteiger partial charge < -0.3 is 10.1 Å². The van der Waals surface area contributed by atoms with Gasteiger partial charge in [-0.25, -0.2) is 4.39 Å². The Morgan fingerprint density at radius 3 is 2.75 bits per heavy atom. The summed E-state index contributed by atoms with van der Waals surface area (Å²) in [5.41, 5.74) is 0.429. The number of para-hydroxylation sites is 1. The van der Waals surface area contributed by atoms with Crippen LogP contribution in [0.2, 0.25) is 0 Å². The summed E-state index contributed by atoms with van der Waals surface area (Å²) in [5.74, 6) is 0.475. The molecule has 0 aliphatic carbocycles. The molecule has 1 atom stereocenters. The van der Waals surface area contributed by atoms with E-state index in [4.69, 9.17) is 4.74 Å². The van der Waals surface area contributed by atoms with Crippen molar-refractivity contribution in [2.45, 2.75) is 26.8 Å². The summed E-state index contributed by atoms with van der Waals surface area (Å²) in [7, 11) is 0. The molecule has 0 bridgehead atoms. The molecule has 24 heavy (non-hydrogen) atoms. The Hall–Kier alpha value is -2.77. The largest absolute Gasteiger partial charge is 0.488 e. The molecule has 0 fully saturated rings. The van der Waals surface area contributed by atoms with Gasteiger partial charge in [0.25, 0.3) is 0 Å². The highest BCUT2D eigenvalue weighted by molar-refractivity contribution is 5.43. The maximum atomic E-state index is 13.7. The number of fused-ring (bicyclic) bond motifs is 1. The van der Waals surface area contributed by atoms with Gasteiger partial charge in [0.15, 0.2) is 17.2 Å². The van der Waals surface area contributed by atoms with Crippen LogP contribution in [0.5, 0.6) is 5.75 Å². The summed E-state index contributed by atoms with van der Waals surface area (Å²) < 4.78 is 20.7. The van der Waals surface area contributed by atoms with Crippen molar-refractivity contribution >= 4 is 11.5 Å². The van der Waals surface area contributed by atoms with E-state index in [0.717, 1.165) is 0 Å². The van der Waals surface area contributed by atoms with Crippen molar-refractivity contribution in [3.8, 4) is 5.75 Å². The third kappa shape index (κ3) is 3.58. The number of hydrogen-bond donors (Lipinski definition) is 1. The lowest BCUT2D eigenvalue weighted by atomic mass is 9.87. The number of benzene rings is 1. The van der Waals surface area contributed by atoms with Crippen LogP contribution >= 0.6 is 0 Å². The van der Waals surface area contributed by atoms with Crippen LogP contribution in [0.3, 0.4) is 0 Å². The molecule has 3 rings (SSSR count). The van der Waals surface area contributed by atoms with Gasteiger partial charge in [0.2, 0.25) is 0 Å². The van der Waals surface area contributed by atoms with Crippen molar-refractivity contribution in [2.24, 2.45) is 5.41 Å². The van der Waals surface area contributed by atoms with Crippen LogP contribution in [0.1, 0.15) is 20.8 Å². The molecule has 3 aromatic rings. The first kappa shape index (κ1) is 16.1. The first-order valence-electron chi connectivity index (χ1n) is 7.63. The fraction of sp³-hybridized carbons (Fsp3) is 0.375. The normalized spacial score (nSPS) is 13.0. The van der Waals surface area contributed by atoms with Crippen LogP contribution < -0.4 is 10.1 Å². The quantitative estimate of drug-likeness (QED) is 0.775. The number of rotatable bonds is 5. The maximum Gasteiger partial charge on any atom is 0.200 e. The molecule has 126 valence electrons. The molecular weight excluding hydrogens is 311 g/mol. The number of hydrogen-bond acceptors (Lipinski definition) is 6. The number of nitrogens with zero attached hydrogens (tertiary/aromatic N) is 5. The van der Waals surface area contributed by atoms with Gasteiger partial charge in [-0.15, -0.1) is 14.8 Å². The van der Waals surface area contributed by atoms with Crippen molar-refractivity contribution in [3.63, 3.8) is 0 Å². The standard InChI is InChI=1S/C16H19FN6O/c1-16(2,3)13(10-24-12-7-5-4-6-11(12)17)18-14-8-9-15-19-21-22-23(15)20-14/h4-9,13H,10H2,1-3H3,(H,18,20). The number of aromatic nitrogens is 5. The molecule has 0 amide bonds. The summed E-state index contributed by atoms with van der Waals surface area (Å²) in [6.45, 7) is 6.51. The molecular formula is C16H19FN6O. The Morgan fingerprint density at radius 1 is 1.21 bits per heavy atom. The zero-order chi connectivity index (χ0) is 17.2. The summed E-state index contributed by atoms with van der Waals surface area (Å²) >= 11 is 0. The second-order valence-corrected chi connectivity index (χ2v) is 6.55. The maximum absolute atomic E-state index is 13.7. The topological polar surface area (TPSA) is 77.2 Å². The predicted molar refractivity (Wildman–Crippen MR) is 87.3 cm³/mol. The van der Waals surface area contributed by atoms with Gasteiger partial charge in [0.05, 0.1) is 6.04 Å². The Kier molecular flexibility index (Phi) is 4.28. The van der Waals surface area contributed by atoms with Crippen LogP contribution in [0.25, 0.3) is 5.65 Å². The molecule has 0 radical (unpaired) electrons. The van der Waals surface area contributed by atoms with E-state index >= 15 is 0 Å². The van der Waals surface area contributed by atoms with E-state index in [0.29, 0.717) is 18.1 Å². The van der Waals surface area contributed by atoms with Gasteiger partial charge >= 0.3 is 0 Å². The highest BCUT2D eigenvalue weighted by Crippen LogP contribution is 2.24. The smallest absolute Gasteiger partial charge is 0.200 e. The van der Waals surface area contributed by atoms with E-state index in [1.54, 1.807) is 30.3 Å². The van der Waals surface area contributed by atoms with E-state index in [9.17, 15) is 4.39 Å². The highest BCUT2D eigenvalue weighted by atomic mass is 19.1. The number of tetrazole rings is 1. The van der Waals surface area contributed by atoms with E-state index < -0.39 is 0 Å². The van der Waals surface area contributed by atoms with Gasteiger partial charge in [-0.2, -0.15) is 0 Å². The third-order valence-electron chi connectivity index (χ3n) is 3.68. The molecule has 1 N–H and O–H groups in total. The third-order valence-corrected chi connectivity index (χ3v) is 3.68. The molecule has 2 heterocycles. The van der Waals surface area contributed by atoms with Crippen molar-refractivity contribution in [1.29, 1.82) is 0 Å². The lowest BCUT2D eigenvalue weighted by Crippen LogP contribution is -2.39. The van der Waals surface area contributed by atoms with Crippen LogP contribution in [0, 0.1) is 11.2 Å². The molecule has 7 nitrogen and oxygen atoms in total. The number of halogens is 1. The molecule has 0 spiro atoms. The van der Waals surface area contributed by atoms with Crippen LogP contribution in [0.15, 0.2) is 36.4 Å². The lowest BCUT2D eigenvalue weighted by Gasteiger charge is -2.31. The summed E-state index contributed by atoms with van der Waals surface area (Å²) in [6.07, 6.45) is 0. The van der Waals surface area contributed by atoms with E-state index in [2.05, 4.69) is 46.7 Å². The summed E-state index contributed by atoms with van der Waals surface area (Å²) in [4.78, 5) is 0. The molecule has 0 aliphatic rings. The Labute approximate surface area is 138 Å².